The number of fused-ring (bicyclic) bond motifs is 1. The second kappa shape index (κ2) is 14.4. The summed E-state index contributed by atoms with van der Waals surface area (Å²) in [5, 5.41) is 17.5. The minimum atomic E-state index is -0.525. The fraction of sp³-hybridized carbons (Fsp3) is 0.323. The number of nitrogens with zero attached hydrogens (tertiary/aromatic N) is 5. The second-order valence-electron chi connectivity index (χ2n) is 10.5. The summed E-state index contributed by atoms with van der Waals surface area (Å²) < 4.78 is 20.4. The van der Waals surface area contributed by atoms with Crippen molar-refractivity contribution in [2.24, 2.45) is 5.73 Å². The quantitative estimate of drug-likeness (QED) is 0.269. The minimum absolute atomic E-state index is 0.0410. The molecule has 4 heterocycles. The van der Waals surface area contributed by atoms with Gasteiger partial charge < -0.3 is 25.8 Å². The van der Waals surface area contributed by atoms with E-state index in [9.17, 15) is 14.3 Å². The van der Waals surface area contributed by atoms with Crippen molar-refractivity contribution in [3.05, 3.63) is 101 Å². The number of rotatable bonds is 6. The number of amides is 1. The summed E-state index contributed by atoms with van der Waals surface area (Å²) in [6.45, 7) is 3.76. The molecule has 2 aromatic heterocycles. The first-order valence-corrected chi connectivity index (χ1v) is 14.5. The maximum atomic E-state index is 13.4. The second-order valence-corrected chi connectivity index (χ2v) is 10.9. The zero-order valence-corrected chi connectivity index (χ0v) is 24.4. The Hall–Kier alpha value is -4.03. The number of aliphatic hydroxyl groups excluding tert-OH is 1. The Morgan fingerprint density at radius 1 is 1.16 bits per heavy atom. The molecule has 0 radical (unpaired) electrons. The molecule has 0 aliphatic carbocycles. The van der Waals surface area contributed by atoms with Crippen LogP contribution in [0, 0.1) is 5.82 Å². The lowest BCUT2D eigenvalue weighted by molar-refractivity contribution is 0.0501. The Morgan fingerprint density at radius 3 is 2.74 bits per heavy atom. The van der Waals surface area contributed by atoms with Gasteiger partial charge in [-0.05, 0) is 48.2 Å². The van der Waals surface area contributed by atoms with Gasteiger partial charge in [-0.15, -0.1) is 0 Å². The van der Waals surface area contributed by atoms with Crippen LogP contribution in [0.4, 0.5) is 20.7 Å². The lowest BCUT2D eigenvalue weighted by Crippen LogP contribution is -2.50. The maximum absolute atomic E-state index is 13.4. The molecule has 6 rings (SSSR count). The normalized spacial score (nSPS) is 18.7. The van der Waals surface area contributed by atoms with E-state index in [4.69, 9.17) is 22.1 Å². The number of nitrogens with two attached hydrogens (primary N) is 1. The summed E-state index contributed by atoms with van der Waals surface area (Å²) in [5.74, 6) is 0.127. The summed E-state index contributed by atoms with van der Waals surface area (Å²) in [4.78, 5) is 19.9. The molecule has 43 heavy (non-hydrogen) atoms. The van der Waals surface area contributed by atoms with E-state index in [0.29, 0.717) is 37.7 Å². The molecule has 2 aliphatic rings. The monoisotopic (exact) mass is 607 g/mol. The van der Waals surface area contributed by atoms with Gasteiger partial charge in [0.25, 0.3) is 0 Å². The zero-order valence-electron chi connectivity index (χ0n) is 23.7. The van der Waals surface area contributed by atoms with Gasteiger partial charge in [0.15, 0.2) is 5.82 Å². The number of carbonyl (C=O) groups excluding carboxylic acids is 1. The SMILES string of the molecule is N[C@@H]1CCN(Cc2ccn3ncnc(Nc4ccc(F)c(Cl)c4)c23)C[C@H]1O.O=C(OCc1ccccc1)N1CC=CCC1. The van der Waals surface area contributed by atoms with Gasteiger partial charge in [0.2, 0.25) is 0 Å². The van der Waals surface area contributed by atoms with Gasteiger partial charge in [0.1, 0.15) is 24.3 Å². The number of likely N-dealkylation sites (tertiary alicyclic amines) is 1. The first-order chi connectivity index (χ1) is 20.9. The third kappa shape index (κ3) is 8.08. The third-order valence-corrected chi connectivity index (χ3v) is 7.64. The highest BCUT2D eigenvalue weighted by atomic mass is 35.5. The van der Waals surface area contributed by atoms with Crippen LogP contribution in [0.1, 0.15) is 24.0 Å². The first kappa shape index (κ1) is 30.4. The van der Waals surface area contributed by atoms with E-state index in [1.807, 2.05) is 48.7 Å². The Balaban J connectivity index is 0.000000196. The predicted molar refractivity (Wildman–Crippen MR) is 164 cm³/mol. The third-order valence-electron chi connectivity index (χ3n) is 7.35. The Bertz CT molecular complexity index is 1550. The van der Waals surface area contributed by atoms with Crippen LogP contribution in [-0.2, 0) is 17.9 Å². The van der Waals surface area contributed by atoms with Crippen molar-refractivity contribution >= 4 is 34.7 Å². The van der Waals surface area contributed by atoms with Crippen molar-refractivity contribution in [2.45, 2.75) is 38.1 Å². The minimum Gasteiger partial charge on any atom is -0.445 e. The summed E-state index contributed by atoms with van der Waals surface area (Å²) in [5.41, 5.74) is 9.38. The number of nitrogens with one attached hydrogen (secondary N) is 1. The number of β-amino-alcohol motifs (C(OH)–C–C–N with tert-alkyl or cyclic N) is 1. The number of hydrogen-bond acceptors (Lipinski definition) is 8. The van der Waals surface area contributed by atoms with Crippen LogP contribution in [0.15, 0.2) is 79.3 Å². The molecule has 1 saturated heterocycles. The highest BCUT2D eigenvalue weighted by Gasteiger charge is 2.25. The molecule has 1 amide bonds. The largest absolute Gasteiger partial charge is 0.445 e. The van der Waals surface area contributed by atoms with Crippen molar-refractivity contribution in [1.29, 1.82) is 0 Å². The Morgan fingerprint density at radius 2 is 2.00 bits per heavy atom. The fourth-order valence-corrected chi connectivity index (χ4v) is 5.15. The average Bonchev–Trinajstić information content (AvgIpc) is 3.44. The summed E-state index contributed by atoms with van der Waals surface area (Å²) in [6, 6.07) is 15.9. The summed E-state index contributed by atoms with van der Waals surface area (Å²) >= 11 is 5.87. The maximum Gasteiger partial charge on any atom is 0.410 e. The summed E-state index contributed by atoms with van der Waals surface area (Å²) in [7, 11) is 0. The molecule has 0 unspecified atom stereocenters. The van der Waals surface area contributed by atoms with E-state index >= 15 is 0 Å². The average molecular weight is 608 g/mol. The number of aromatic nitrogens is 3. The van der Waals surface area contributed by atoms with Gasteiger partial charge in [-0.3, -0.25) is 4.90 Å². The van der Waals surface area contributed by atoms with Crippen LogP contribution in [0.3, 0.4) is 0 Å². The smallest absolute Gasteiger partial charge is 0.410 e. The molecule has 12 heteroatoms. The van der Waals surface area contributed by atoms with Crippen LogP contribution >= 0.6 is 11.6 Å². The molecule has 226 valence electrons. The van der Waals surface area contributed by atoms with Crippen LogP contribution in [0.2, 0.25) is 5.02 Å². The fourth-order valence-electron chi connectivity index (χ4n) is 4.97. The van der Waals surface area contributed by atoms with E-state index in [2.05, 4.69) is 26.4 Å². The zero-order chi connectivity index (χ0) is 30.2. The van der Waals surface area contributed by atoms with Gasteiger partial charge in [-0.1, -0.05) is 54.1 Å². The van der Waals surface area contributed by atoms with E-state index in [-0.39, 0.29) is 17.2 Å². The molecule has 0 spiro atoms. The molecule has 4 N–H and O–H groups in total. The number of anilines is 2. The number of hydrogen-bond donors (Lipinski definition) is 3. The standard InChI is InChI=1S/C18H20ClFN6O.C13H15NO2/c19-13-7-12(1-2-14(13)20)24-18-17-11(3-6-26(17)23-10-22-18)8-25-5-4-15(21)16(27)9-25;15-13(14-9-5-2-6-10-14)16-11-12-7-3-1-4-8-12/h1-3,6-7,10,15-16,27H,4-5,8-9,21H2,(H,22,23,24);1-5,7-8H,6,9-11H2/t15-,16-;/m1./s1. The van der Waals surface area contributed by atoms with Crippen molar-refractivity contribution in [2.75, 3.05) is 31.5 Å². The number of piperidine rings is 1. The van der Waals surface area contributed by atoms with Crippen molar-refractivity contribution in [1.82, 2.24) is 24.4 Å². The number of halogens is 2. The van der Waals surface area contributed by atoms with Crippen LogP contribution in [0.25, 0.3) is 5.52 Å². The molecule has 0 saturated carbocycles. The van der Waals surface area contributed by atoms with E-state index in [1.54, 1.807) is 15.5 Å². The van der Waals surface area contributed by atoms with E-state index in [0.717, 1.165) is 42.6 Å². The topological polar surface area (TPSA) is 121 Å². The molecule has 10 nitrogen and oxygen atoms in total. The lowest BCUT2D eigenvalue weighted by Gasteiger charge is -2.33. The van der Waals surface area contributed by atoms with Gasteiger partial charge >= 0.3 is 6.09 Å². The van der Waals surface area contributed by atoms with Crippen molar-refractivity contribution < 1.29 is 19.0 Å². The van der Waals surface area contributed by atoms with Crippen molar-refractivity contribution in [3.8, 4) is 0 Å². The molecular formula is C31H35ClFN7O3. The number of aliphatic hydroxyl groups is 1. The molecule has 4 aromatic rings. The van der Waals surface area contributed by atoms with Gasteiger partial charge in [-0.25, -0.2) is 18.7 Å². The number of benzene rings is 2. The molecule has 2 atom stereocenters. The predicted octanol–water partition coefficient (Wildman–Crippen LogP) is 4.74. The van der Waals surface area contributed by atoms with Crippen LogP contribution in [0.5, 0.6) is 0 Å². The molecule has 1 fully saturated rings. The number of ether oxygens (including phenoxy) is 1. The van der Waals surface area contributed by atoms with Crippen LogP contribution in [-0.4, -0.2) is 73.9 Å². The molecule has 2 aromatic carbocycles. The number of carbonyl (C=O) groups is 1. The Kier molecular flexibility index (Phi) is 10.2. The Labute approximate surface area is 254 Å². The van der Waals surface area contributed by atoms with Gasteiger partial charge in [-0.2, -0.15) is 5.10 Å². The highest BCUT2D eigenvalue weighted by molar-refractivity contribution is 6.31. The molecule has 2 aliphatic heterocycles. The van der Waals surface area contributed by atoms with E-state index in [1.165, 1.54) is 18.5 Å². The highest BCUT2D eigenvalue weighted by Crippen LogP contribution is 2.27. The molecule has 0 bridgehead atoms. The van der Waals surface area contributed by atoms with Gasteiger partial charge in [0.05, 0.1) is 11.1 Å². The van der Waals surface area contributed by atoms with Crippen LogP contribution < -0.4 is 11.1 Å². The van der Waals surface area contributed by atoms with Gasteiger partial charge in [0, 0.05) is 50.6 Å². The van der Waals surface area contributed by atoms with Crippen molar-refractivity contribution in [3.63, 3.8) is 0 Å². The molecular weight excluding hydrogens is 573 g/mol. The lowest BCUT2D eigenvalue weighted by atomic mass is 10.0. The van der Waals surface area contributed by atoms with E-state index < -0.39 is 11.9 Å². The summed E-state index contributed by atoms with van der Waals surface area (Å²) in [6.07, 6.45) is 8.31. The first-order valence-electron chi connectivity index (χ1n) is 14.2.